The number of fused-ring (bicyclic) bond motifs is 1. The number of halogens is 1. The SMILES string of the molecule is COn1c(=O)c(-c2cc(N)ccc2Cl)cc2cnc(Nc3ccccc3)nc21. The van der Waals surface area contributed by atoms with E-state index in [9.17, 15) is 4.79 Å². The molecule has 2 aromatic carbocycles. The molecule has 0 saturated carbocycles. The number of anilines is 3. The average Bonchev–Trinajstić information content (AvgIpc) is 2.70. The second-order valence-corrected chi connectivity index (χ2v) is 6.45. The standard InChI is InChI=1S/C20H16ClN5O2/c1-28-26-18-12(11-23-20(25-18)24-14-5-3-2-4-6-14)9-16(19(26)27)15-10-13(22)7-8-17(15)21/h2-11H,22H2,1H3,(H,23,24,25). The fourth-order valence-corrected chi connectivity index (χ4v) is 3.11. The topological polar surface area (TPSA) is 95.1 Å². The molecule has 2 aromatic heterocycles. The molecular weight excluding hydrogens is 378 g/mol. The van der Waals surface area contributed by atoms with Gasteiger partial charge in [0.1, 0.15) is 7.11 Å². The Morgan fingerprint density at radius 1 is 1.11 bits per heavy atom. The average molecular weight is 394 g/mol. The van der Waals surface area contributed by atoms with E-state index in [1.165, 1.54) is 7.11 Å². The van der Waals surface area contributed by atoms with Gasteiger partial charge in [0.25, 0.3) is 5.56 Å². The van der Waals surface area contributed by atoms with Gasteiger partial charge in [0.05, 0.1) is 5.56 Å². The highest BCUT2D eigenvalue weighted by Crippen LogP contribution is 2.29. The fourth-order valence-electron chi connectivity index (χ4n) is 2.89. The number of nitrogen functional groups attached to an aromatic ring is 1. The number of benzene rings is 2. The molecule has 0 spiro atoms. The van der Waals surface area contributed by atoms with Crippen molar-refractivity contribution in [3.8, 4) is 11.1 Å². The molecule has 0 aliphatic carbocycles. The third-order valence-corrected chi connectivity index (χ3v) is 4.53. The fraction of sp³-hybridized carbons (Fsp3) is 0.0500. The lowest BCUT2D eigenvalue weighted by molar-refractivity contribution is 0.168. The molecule has 0 radical (unpaired) electrons. The number of aromatic nitrogens is 3. The van der Waals surface area contributed by atoms with E-state index in [1.807, 2.05) is 30.3 Å². The Morgan fingerprint density at radius 2 is 1.89 bits per heavy atom. The minimum atomic E-state index is -0.396. The van der Waals surface area contributed by atoms with Crippen LogP contribution in [0.4, 0.5) is 17.3 Å². The van der Waals surface area contributed by atoms with Crippen LogP contribution in [-0.2, 0) is 0 Å². The molecule has 2 heterocycles. The first-order valence-corrected chi connectivity index (χ1v) is 8.79. The molecule has 0 bridgehead atoms. The van der Waals surface area contributed by atoms with Gasteiger partial charge in [-0.2, -0.15) is 4.98 Å². The lowest BCUT2D eigenvalue weighted by Gasteiger charge is -2.13. The summed E-state index contributed by atoms with van der Waals surface area (Å²) in [5.74, 6) is 0.346. The van der Waals surface area contributed by atoms with E-state index in [-0.39, 0.29) is 0 Å². The number of hydrogen-bond donors (Lipinski definition) is 2. The summed E-state index contributed by atoms with van der Waals surface area (Å²) in [6.45, 7) is 0. The minimum absolute atomic E-state index is 0.338. The van der Waals surface area contributed by atoms with Gasteiger partial charge in [0.15, 0.2) is 5.65 Å². The summed E-state index contributed by atoms with van der Waals surface area (Å²) < 4.78 is 1.11. The van der Waals surface area contributed by atoms with Crippen LogP contribution < -0.4 is 21.4 Å². The van der Waals surface area contributed by atoms with Crippen LogP contribution in [-0.4, -0.2) is 21.8 Å². The molecule has 0 amide bonds. The number of rotatable bonds is 4. The smallest absolute Gasteiger partial charge is 0.293 e. The third-order valence-electron chi connectivity index (χ3n) is 4.20. The monoisotopic (exact) mass is 393 g/mol. The quantitative estimate of drug-likeness (QED) is 0.515. The zero-order chi connectivity index (χ0) is 19.7. The maximum Gasteiger partial charge on any atom is 0.293 e. The van der Waals surface area contributed by atoms with Gasteiger partial charge in [-0.3, -0.25) is 4.79 Å². The number of hydrogen-bond acceptors (Lipinski definition) is 6. The van der Waals surface area contributed by atoms with E-state index in [0.717, 1.165) is 10.4 Å². The van der Waals surface area contributed by atoms with Gasteiger partial charge in [-0.05, 0) is 36.4 Å². The van der Waals surface area contributed by atoms with Crippen LogP contribution in [0, 0.1) is 0 Å². The van der Waals surface area contributed by atoms with Crippen LogP contribution in [0.25, 0.3) is 22.2 Å². The van der Waals surface area contributed by atoms with Crippen molar-refractivity contribution in [3.63, 3.8) is 0 Å². The molecule has 3 N–H and O–H groups in total. The molecule has 0 unspecified atom stereocenters. The zero-order valence-corrected chi connectivity index (χ0v) is 15.6. The predicted molar refractivity (Wildman–Crippen MR) is 111 cm³/mol. The first-order valence-electron chi connectivity index (χ1n) is 8.41. The van der Waals surface area contributed by atoms with Gasteiger partial charge in [-0.1, -0.05) is 29.8 Å². The summed E-state index contributed by atoms with van der Waals surface area (Å²) in [6.07, 6.45) is 1.62. The summed E-state index contributed by atoms with van der Waals surface area (Å²) in [7, 11) is 1.40. The van der Waals surface area contributed by atoms with Crippen molar-refractivity contribution in [2.75, 3.05) is 18.2 Å². The third kappa shape index (κ3) is 3.23. The lowest BCUT2D eigenvalue weighted by Crippen LogP contribution is -2.27. The van der Waals surface area contributed by atoms with Crippen LogP contribution in [0.5, 0.6) is 0 Å². The maximum absolute atomic E-state index is 13.0. The summed E-state index contributed by atoms with van der Waals surface area (Å²) in [6, 6.07) is 16.1. The van der Waals surface area contributed by atoms with Gasteiger partial charge in [-0.25, -0.2) is 4.98 Å². The number of nitrogens with one attached hydrogen (secondary N) is 1. The van der Waals surface area contributed by atoms with E-state index in [0.29, 0.717) is 38.8 Å². The number of para-hydroxylation sites is 1. The van der Waals surface area contributed by atoms with E-state index >= 15 is 0 Å². The lowest BCUT2D eigenvalue weighted by atomic mass is 10.1. The first-order chi connectivity index (χ1) is 13.6. The van der Waals surface area contributed by atoms with Gasteiger partial charge < -0.3 is 15.9 Å². The second kappa shape index (κ2) is 7.21. The normalized spacial score (nSPS) is 10.8. The van der Waals surface area contributed by atoms with Crippen LogP contribution >= 0.6 is 11.6 Å². The van der Waals surface area contributed by atoms with Crippen molar-refractivity contribution in [2.24, 2.45) is 0 Å². The Hall–Kier alpha value is -3.58. The van der Waals surface area contributed by atoms with E-state index in [2.05, 4.69) is 15.3 Å². The van der Waals surface area contributed by atoms with E-state index in [1.54, 1.807) is 30.5 Å². The van der Waals surface area contributed by atoms with Gasteiger partial charge in [-0.15, -0.1) is 4.73 Å². The maximum atomic E-state index is 13.0. The largest absolute Gasteiger partial charge is 0.412 e. The molecule has 4 aromatic rings. The Balaban J connectivity index is 1.88. The summed E-state index contributed by atoms with van der Waals surface area (Å²) in [4.78, 5) is 27.1. The highest BCUT2D eigenvalue weighted by Gasteiger charge is 2.16. The van der Waals surface area contributed by atoms with Gasteiger partial charge in [0.2, 0.25) is 5.95 Å². The molecule has 28 heavy (non-hydrogen) atoms. The highest BCUT2D eigenvalue weighted by atomic mass is 35.5. The number of nitrogens with two attached hydrogens (primary N) is 1. The summed E-state index contributed by atoms with van der Waals surface area (Å²) >= 11 is 6.28. The minimum Gasteiger partial charge on any atom is -0.412 e. The Morgan fingerprint density at radius 3 is 2.64 bits per heavy atom. The molecule has 0 fully saturated rings. The van der Waals surface area contributed by atoms with Crippen molar-refractivity contribution in [3.05, 3.63) is 76.2 Å². The predicted octanol–water partition coefficient (Wildman–Crippen LogP) is 3.50. The number of nitrogens with zero attached hydrogens (tertiary/aromatic N) is 3. The molecule has 140 valence electrons. The van der Waals surface area contributed by atoms with E-state index in [4.69, 9.17) is 22.2 Å². The molecule has 7 nitrogen and oxygen atoms in total. The second-order valence-electron chi connectivity index (χ2n) is 6.04. The van der Waals surface area contributed by atoms with Crippen LogP contribution in [0.15, 0.2) is 65.6 Å². The Labute approximate surface area is 165 Å². The summed E-state index contributed by atoms with van der Waals surface area (Å²) in [5, 5.41) is 4.13. The van der Waals surface area contributed by atoms with Crippen LogP contribution in [0.1, 0.15) is 0 Å². The molecule has 0 aliphatic heterocycles. The Kier molecular flexibility index (Phi) is 4.58. The molecule has 4 rings (SSSR count). The van der Waals surface area contributed by atoms with Crippen molar-refractivity contribution >= 4 is 40.0 Å². The zero-order valence-electron chi connectivity index (χ0n) is 14.9. The van der Waals surface area contributed by atoms with Gasteiger partial charge in [0, 0.05) is 33.5 Å². The molecule has 0 aliphatic rings. The van der Waals surface area contributed by atoms with E-state index < -0.39 is 5.56 Å². The number of pyridine rings is 1. The molecular formula is C20H16ClN5O2. The molecule has 0 atom stereocenters. The van der Waals surface area contributed by atoms with Crippen molar-refractivity contribution in [1.29, 1.82) is 0 Å². The Bertz CT molecular complexity index is 1220. The van der Waals surface area contributed by atoms with Gasteiger partial charge >= 0.3 is 0 Å². The van der Waals surface area contributed by atoms with Crippen molar-refractivity contribution in [1.82, 2.24) is 14.7 Å². The molecule has 8 heteroatoms. The van der Waals surface area contributed by atoms with Crippen LogP contribution in [0.2, 0.25) is 5.02 Å². The first kappa shape index (κ1) is 17.8. The van der Waals surface area contributed by atoms with Crippen molar-refractivity contribution in [2.45, 2.75) is 0 Å². The highest BCUT2D eigenvalue weighted by molar-refractivity contribution is 6.33. The van der Waals surface area contributed by atoms with Crippen molar-refractivity contribution < 1.29 is 4.84 Å². The summed E-state index contributed by atoms with van der Waals surface area (Å²) in [5.41, 5.74) is 8.00. The van der Waals surface area contributed by atoms with Crippen LogP contribution in [0.3, 0.4) is 0 Å². The molecule has 0 saturated heterocycles.